The van der Waals surface area contributed by atoms with Crippen LogP contribution < -0.4 is 5.32 Å². The van der Waals surface area contributed by atoms with E-state index < -0.39 is 10.0 Å². The molecule has 0 radical (unpaired) electrons. The molecular weight excluding hydrogens is 284 g/mol. The normalized spacial score (nSPS) is 30.8. The molecule has 2 aliphatic heterocycles. The molecule has 2 saturated heterocycles. The standard InChI is InChI=1S/C16H30N2O2S/c19-21(20,13-14-5-2-1-3-6-14)18-11-8-15(9-12-18)16-7-4-10-17-16/h14-17H,1-13H2. The first-order chi connectivity index (χ1) is 10.1. The number of nitrogens with zero attached hydrogens (tertiary/aromatic N) is 1. The summed E-state index contributed by atoms with van der Waals surface area (Å²) in [5, 5.41) is 3.58. The molecular formula is C16H30N2O2S. The number of rotatable bonds is 4. The zero-order valence-electron chi connectivity index (χ0n) is 13.1. The van der Waals surface area contributed by atoms with Crippen molar-refractivity contribution in [1.29, 1.82) is 0 Å². The average Bonchev–Trinajstić information content (AvgIpc) is 3.02. The molecule has 3 aliphatic rings. The van der Waals surface area contributed by atoms with Crippen LogP contribution >= 0.6 is 0 Å². The van der Waals surface area contributed by atoms with Crippen LogP contribution in [-0.4, -0.2) is 44.2 Å². The van der Waals surface area contributed by atoms with Crippen molar-refractivity contribution in [3.8, 4) is 0 Å². The van der Waals surface area contributed by atoms with Crippen LogP contribution in [-0.2, 0) is 10.0 Å². The maximum absolute atomic E-state index is 12.6. The summed E-state index contributed by atoms with van der Waals surface area (Å²) in [7, 11) is -3.02. The van der Waals surface area contributed by atoms with E-state index in [9.17, 15) is 8.42 Å². The summed E-state index contributed by atoms with van der Waals surface area (Å²) in [6.07, 6.45) is 10.6. The molecule has 2 heterocycles. The van der Waals surface area contributed by atoms with Crippen molar-refractivity contribution < 1.29 is 8.42 Å². The van der Waals surface area contributed by atoms with Gasteiger partial charge in [-0.25, -0.2) is 12.7 Å². The summed E-state index contributed by atoms with van der Waals surface area (Å²) >= 11 is 0. The zero-order valence-corrected chi connectivity index (χ0v) is 13.9. The molecule has 0 aromatic heterocycles. The van der Waals surface area contributed by atoms with E-state index in [0.29, 0.717) is 23.6 Å². The molecule has 5 heteroatoms. The number of hydrogen-bond acceptors (Lipinski definition) is 3. The lowest BCUT2D eigenvalue weighted by atomic mass is 9.89. The SMILES string of the molecule is O=S(=O)(CC1CCCCC1)N1CCC(C2CCCN2)CC1. The summed E-state index contributed by atoms with van der Waals surface area (Å²) in [6.45, 7) is 2.64. The Morgan fingerprint density at radius 2 is 1.62 bits per heavy atom. The molecule has 122 valence electrons. The smallest absolute Gasteiger partial charge is 0.214 e. The Labute approximate surface area is 129 Å². The highest BCUT2D eigenvalue weighted by Gasteiger charge is 2.33. The fourth-order valence-corrected chi connectivity index (χ4v) is 6.33. The number of nitrogens with one attached hydrogen (secondary N) is 1. The molecule has 0 spiro atoms. The van der Waals surface area contributed by atoms with Crippen LogP contribution in [0.3, 0.4) is 0 Å². The summed E-state index contributed by atoms with van der Waals surface area (Å²) in [5.41, 5.74) is 0. The Morgan fingerprint density at radius 1 is 0.905 bits per heavy atom. The van der Waals surface area contributed by atoms with E-state index in [1.54, 1.807) is 4.31 Å². The number of hydrogen-bond donors (Lipinski definition) is 1. The minimum Gasteiger partial charge on any atom is -0.314 e. The van der Waals surface area contributed by atoms with Crippen molar-refractivity contribution in [2.45, 2.75) is 63.8 Å². The molecule has 0 aromatic carbocycles. The highest BCUT2D eigenvalue weighted by atomic mass is 32.2. The minimum absolute atomic E-state index is 0.402. The third-order valence-corrected chi connectivity index (χ3v) is 7.78. The van der Waals surface area contributed by atoms with Gasteiger partial charge in [0.25, 0.3) is 0 Å². The molecule has 0 aromatic rings. The van der Waals surface area contributed by atoms with Crippen LogP contribution in [0.5, 0.6) is 0 Å². The maximum Gasteiger partial charge on any atom is 0.214 e. The molecule has 1 aliphatic carbocycles. The fourth-order valence-electron chi connectivity index (χ4n) is 4.43. The molecule has 21 heavy (non-hydrogen) atoms. The van der Waals surface area contributed by atoms with E-state index >= 15 is 0 Å². The molecule has 1 unspecified atom stereocenters. The summed E-state index contributed by atoms with van der Waals surface area (Å²) < 4.78 is 27.0. The van der Waals surface area contributed by atoms with E-state index in [0.717, 1.165) is 45.3 Å². The minimum atomic E-state index is -3.02. The lowest BCUT2D eigenvalue weighted by molar-refractivity contribution is 0.232. The van der Waals surface area contributed by atoms with E-state index in [-0.39, 0.29) is 0 Å². The van der Waals surface area contributed by atoms with Gasteiger partial charge in [-0.05, 0) is 56.9 Å². The van der Waals surface area contributed by atoms with Gasteiger partial charge in [-0.3, -0.25) is 0 Å². The summed E-state index contributed by atoms with van der Waals surface area (Å²) in [5.74, 6) is 1.51. The molecule has 0 bridgehead atoms. The summed E-state index contributed by atoms with van der Waals surface area (Å²) in [6, 6.07) is 0.646. The molecule has 1 saturated carbocycles. The zero-order chi connectivity index (χ0) is 14.7. The Kier molecular flexibility index (Phi) is 5.23. The first-order valence-corrected chi connectivity index (χ1v) is 10.5. The molecule has 0 amide bonds. The largest absolute Gasteiger partial charge is 0.314 e. The highest BCUT2D eigenvalue weighted by Crippen LogP contribution is 2.29. The van der Waals surface area contributed by atoms with Gasteiger partial charge in [0, 0.05) is 19.1 Å². The fraction of sp³-hybridized carbons (Fsp3) is 1.00. The Bertz CT molecular complexity index is 418. The van der Waals surface area contributed by atoms with Crippen LogP contribution in [0.25, 0.3) is 0 Å². The predicted octanol–water partition coefficient (Wildman–Crippen LogP) is 2.36. The molecule has 3 rings (SSSR count). The van der Waals surface area contributed by atoms with Gasteiger partial charge >= 0.3 is 0 Å². The van der Waals surface area contributed by atoms with Crippen molar-refractivity contribution >= 4 is 10.0 Å². The third-order valence-electron chi connectivity index (χ3n) is 5.73. The van der Waals surface area contributed by atoms with Crippen molar-refractivity contribution in [2.24, 2.45) is 11.8 Å². The quantitative estimate of drug-likeness (QED) is 0.866. The van der Waals surface area contributed by atoms with Gasteiger partial charge in [0.05, 0.1) is 5.75 Å². The van der Waals surface area contributed by atoms with Gasteiger partial charge in [-0.2, -0.15) is 0 Å². The van der Waals surface area contributed by atoms with E-state index in [2.05, 4.69) is 5.32 Å². The van der Waals surface area contributed by atoms with Gasteiger partial charge in [0.15, 0.2) is 0 Å². The molecule has 1 N–H and O–H groups in total. The van der Waals surface area contributed by atoms with Gasteiger partial charge in [0.1, 0.15) is 0 Å². The monoisotopic (exact) mass is 314 g/mol. The van der Waals surface area contributed by atoms with Crippen LogP contribution in [0.2, 0.25) is 0 Å². The van der Waals surface area contributed by atoms with Crippen LogP contribution in [0.1, 0.15) is 57.8 Å². The van der Waals surface area contributed by atoms with Crippen LogP contribution in [0.4, 0.5) is 0 Å². The third kappa shape index (κ3) is 3.99. The summed E-state index contributed by atoms with van der Waals surface area (Å²) in [4.78, 5) is 0. The van der Waals surface area contributed by atoms with Crippen molar-refractivity contribution in [3.63, 3.8) is 0 Å². The van der Waals surface area contributed by atoms with E-state index in [4.69, 9.17) is 0 Å². The lowest BCUT2D eigenvalue weighted by Crippen LogP contribution is -2.44. The van der Waals surface area contributed by atoms with E-state index in [1.165, 1.54) is 32.1 Å². The Hall–Kier alpha value is -0.130. The lowest BCUT2D eigenvalue weighted by Gasteiger charge is -2.35. The first kappa shape index (κ1) is 15.8. The number of sulfonamides is 1. The second-order valence-corrected chi connectivity index (χ2v) is 9.24. The van der Waals surface area contributed by atoms with E-state index in [1.807, 2.05) is 0 Å². The van der Waals surface area contributed by atoms with Crippen molar-refractivity contribution in [1.82, 2.24) is 9.62 Å². The second-order valence-electron chi connectivity index (χ2n) is 7.22. The first-order valence-electron chi connectivity index (χ1n) is 8.86. The Balaban J connectivity index is 1.50. The van der Waals surface area contributed by atoms with Gasteiger partial charge < -0.3 is 5.32 Å². The average molecular weight is 314 g/mol. The van der Waals surface area contributed by atoms with Crippen molar-refractivity contribution in [2.75, 3.05) is 25.4 Å². The predicted molar refractivity (Wildman–Crippen MR) is 85.7 cm³/mol. The number of piperidine rings is 1. The van der Waals surface area contributed by atoms with Crippen LogP contribution in [0.15, 0.2) is 0 Å². The maximum atomic E-state index is 12.6. The van der Waals surface area contributed by atoms with Gasteiger partial charge in [-0.15, -0.1) is 0 Å². The molecule has 4 nitrogen and oxygen atoms in total. The molecule has 1 atom stereocenters. The molecule has 3 fully saturated rings. The van der Waals surface area contributed by atoms with Gasteiger partial charge in [0.2, 0.25) is 10.0 Å². The van der Waals surface area contributed by atoms with Crippen molar-refractivity contribution in [3.05, 3.63) is 0 Å². The topological polar surface area (TPSA) is 49.4 Å². The van der Waals surface area contributed by atoms with Gasteiger partial charge in [-0.1, -0.05) is 19.3 Å². The van der Waals surface area contributed by atoms with Crippen LogP contribution in [0, 0.1) is 11.8 Å². The Morgan fingerprint density at radius 3 is 2.24 bits per heavy atom. The second kappa shape index (κ2) is 6.97. The highest BCUT2D eigenvalue weighted by molar-refractivity contribution is 7.89.